The second kappa shape index (κ2) is 12.8. The molecule has 3 heteroatoms. The molecule has 0 bridgehead atoms. The first kappa shape index (κ1) is 19.7. The van der Waals surface area contributed by atoms with E-state index in [0.717, 1.165) is 0 Å². The van der Waals surface area contributed by atoms with Crippen molar-refractivity contribution in [1.82, 2.24) is 5.32 Å². The molecule has 1 unspecified atom stereocenters. The van der Waals surface area contributed by atoms with Gasteiger partial charge >= 0.3 is 0 Å². The molecule has 1 saturated heterocycles. The van der Waals surface area contributed by atoms with E-state index in [2.05, 4.69) is 31.0 Å². The van der Waals surface area contributed by atoms with Crippen LogP contribution in [0.4, 0.5) is 0 Å². The van der Waals surface area contributed by atoms with Crippen LogP contribution >= 0.6 is 0 Å². The van der Waals surface area contributed by atoms with Gasteiger partial charge in [0.2, 0.25) is 11.8 Å². The Morgan fingerprint density at radius 2 is 1.84 bits per heavy atom. The van der Waals surface area contributed by atoms with Crippen LogP contribution in [0.1, 0.15) is 47.5 Å². The van der Waals surface area contributed by atoms with Gasteiger partial charge in [0.25, 0.3) is 0 Å². The third kappa shape index (κ3) is 12.6. The lowest BCUT2D eigenvalue weighted by Gasteiger charge is -2.15. The van der Waals surface area contributed by atoms with Crippen molar-refractivity contribution in [1.29, 1.82) is 0 Å². The summed E-state index contributed by atoms with van der Waals surface area (Å²) in [6.07, 6.45) is 9.15. The first-order chi connectivity index (χ1) is 8.92. The van der Waals surface area contributed by atoms with Crippen LogP contribution in [0.15, 0.2) is 36.5 Å². The maximum atomic E-state index is 10.7. The fraction of sp³-hybridized carbons (Fsp3) is 0.500. The molecular formula is C16H27NO2. The molecule has 1 rings (SSSR count). The van der Waals surface area contributed by atoms with Crippen LogP contribution in [0, 0.1) is 5.92 Å². The number of hydrogen-bond acceptors (Lipinski definition) is 2. The highest BCUT2D eigenvalue weighted by Crippen LogP contribution is 2.09. The Labute approximate surface area is 117 Å². The second-order valence-electron chi connectivity index (χ2n) is 4.29. The molecular weight excluding hydrogens is 238 g/mol. The summed E-state index contributed by atoms with van der Waals surface area (Å²) in [4.78, 5) is 21.2. The highest BCUT2D eigenvalue weighted by atomic mass is 16.2. The summed E-state index contributed by atoms with van der Waals surface area (Å²) in [5.41, 5.74) is 1.32. The van der Waals surface area contributed by atoms with Gasteiger partial charge in [-0.15, -0.1) is 6.58 Å². The lowest BCUT2D eigenvalue weighted by atomic mass is 10.0. The lowest BCUT2D eigenvalue weighted by molar-refractivity contribution is -0.135. The Morgan fingerprint density at radius 3 is 2.11 bits per heavy atom. The van der Waals surface area contributed by atoms with Crippen molar-refractivity contribution in [3.63, 3.8) is 0 Å². The molecule has 108 valence electrons. The molecule has 1 fully saturated rings. The number of piperidine rings is 1. The molecule has 19 heavy (non-hydrogen) atoms. The molecule has 0 aromatic heterocycles. The molecule has 0 aliphatic carbocycles. The van der Waals surface area contributed by atoms with Crippen molar-refractivity contribution < 1.29 is 9.59 Å². The number of allylic oxidation sites excluding steroid dienone is 5. The molecule has 1 N–H and O–H groups in total. The maximum absolute atomic E-state index is 10.7. The third-order valence-electron chi connectivity index (χ3n) is 2.40. The van der Waals surface area contributed by atoms with Crippen molar-refractivity contribution >= 4 is 11.8 Å². The Balaban J connectivity index is 0. The van der Waals surface area contributed by atoms with Gasteiger partial charge in [-0.1, -0.05) is 36.8 Å². The molecule has 1 heterocycles. The van der Waals surface area contributed by atoms with Crippen LogP contribution in [-0.2, 0) is 9.59 Å². The van der Waals surface area contributed by atoms with Crippen LogP contribution in [0.5, 0.6) is 0 Å². The quantitative estimate of drug-likeness (QED) is 0.445. The largest absolute Gasteiger partial charge is 0.296 e. The van der Waals surface area contributed by atoms with E-state index in [0.29, 0.717) is 12.8 Å². The van der Waals surface area contributed by atoms with Gasteiger partial charge in [-0.2, -0.15) is 0 Å². The van der Waals surface area contributed by atoms with Crippen molar-refractivity contribution in [3.8, 4) is 0 Å². The highest BCUT2D eigenvalue weighted by molar-refractivity contribution is 5.98. The summed E-state index contributed by atoms with van der Waals surface area (Å²) < 4.78 is 0. The van der Waals surface area contributed by atoms with E-state index < -0.39 is 0 Å². The minimum atomic E-state index is -0.141. The van der Waals surface area contributed by atoms with Crippen molar-refractivity contribution in [3.05, 3.63) is 36.5 Å². The molecule has 1 aliphatic rings. The van der Waals surface area contributed by atoms with Crippen LogP contribution in [0.3, 0.4) is 0 Å². The summed E-state index contributed by atoms with van der Waals surface area (Å²) in [7, 11) is 0. The first-order valence-electron chi connectivity index (χ1n) is 6.59. The zero-order valence-electron chi connectivity index (χ0n) is 12.8. The average Bonchev–Trinajstić information content (AvgIpc) is 2.36. The van der Waals surface area contributed by atoms with Crippen molar-refractivity contribution in [2.45, 2.75) is 47.5 Å². The Hall–Kier alpha value is -1.64. The van der Waals surface area contributed by atoms with Gasteiger partial charge < -0.3 is 0 Å². The monoisotopic (exact) mass is 265 g/mol. The minimum Gasteiger partial charge on any atom is -0.296 e. The van der Waals surface area contributed by atoms with Crippen molar-refractivity contribution in [2.24, 2.45) is 5.92 Å². The van der Waals surface area contributed by atoms with Gasteiger partial charge in [0.1, 0.15) is 0 Å². The number of nitrogens with one attached hydrogen (secondary N) is 1. The Bertz CT molecular complexity index is 341. The van der Waals surface area contributed by atoms with Crippen LogP contribution in [-0.4, -0.2) is 11.8 Å². The number of hydrogen-bond donors (Lipinski definition) is 1. The predicted molar refractivity (Wildman–Crippen MR) is 81.7 cm³/mol. The zero-order chi connectivity index (χ0) is 15.3. The molecule has 0 spiro atoms. The Kier molecular flexibility index (Phi) is 13.3. The standard InChI is InChI=1S/C7H12.C6H9NO2.C3H6/c1-4-6-7(3)5-2;1-4-2-3-5(8)7-6(4)9;1-3-2/h4-6H,1-3H3;4H,2-3H2,1H3,(H,7,8,9);3H,1H2,2H3/b6-4-,7-5-;;. The molecule has 0 aromatic carbocycles. The van der Waals surface area contributed by atoms with E-state index in [1.807, 2.05) is 33.8 Å². The summed E-state index contributed by atoms with van der Waals surface area (Å²) in [6, 6.07) is 0. The lowest BCUT2D eigenvalue weighted by Crippen LogP contribution is -2.39. The van der Waals surface area contributed by atoms with Gasteiger partial charge in [0.05, 0.1) is 0 Å². The summed E-state index contributed by atoms with van der Waals surface area (Å²) >= 11 is 0. The average molecular weight is 265 g/mol. The SMILES string of the molecule is C/C=C\C(C)=C/C.C=CC.CC1CCC(=O)NC1=O. The minimum absolute atomic E-state index is 0.0164. The molecule has 3 nitrogen and oxygen atoms in total. The molecule has 0 saturated carbocycles. The van der Waals surface area contributed by atoms with E-state index in [-0.39, 0.29) is 17.7 Å². The van der Waals surface area contributed by atoms with Gasteiger partial charge in [0, 0.05) is 12.3 Å². The molecule has 1 atom stereocenters. The smallest absolute Gasteiger partial charge is 0.229 e. The maximum Gasteiger partial charge on any atom is 0.229 e. The number of imide groups is 1. The predicted octanol–water partition coefficient (Wildman–Crippen LogP) is 3.78. The number of rotatable bonds is 1. The Morgan fingerprint density at radius 1 is 1.32 bits per heavy atom. The molecule has 0 radical (unpaired) electrons. The van der Waals surface area contributed by atoms with E-state index in [9.17, 15) is 9.59 Å². The molecule has 1 aliphatic heterocycles. The number of carbonyl (C=O) groups excluding carboxylic acids is 2. The second-order valence-corrected chi connectivity index (χ2v) is 4.29. The fourth-order valence-electron chi connectivity index (χ4n) is 1.16. The van der Waals surface area contributed by atoms with E-state index in [1.165, 1.54) is 5.57 Å². The van der Waals surface area contributed by atoms with Crippen LogP contribution < -0.4 is 5.32 Å². The third-order valence-corrected chi connectivity index (χ3v) is 2.40. The van der Waals surface area contributed by atoms with Crippen molar-refractivity contribution in [2.75, 3.05) is 0 Å². The molecule has 2 amide bonds. The van der Waals surface area contributed by atoms with E-state index in [1.54, 1.807) is 6.08 Å². The topological polar surface area (TPSA) is 46.2 Å². The highest BCUT2D eigenvalue weighted by Gasteiger charge is 2.21. The zero-order valence-corrected chi connectivity index (χ0v) is 12.8. The van der Waals surface area contributed by atoms with Gasteiger partial charge in [0.15, 0.2) is 0 Å². The summed E-state index contributed by atoms with van der Waals surface area (Å²) in [5.74, 6) is -0.257. The van der Waals surface area contributed by atoms with Gasteiger partial charge in [-0.25, -0.2) is 0 Å². The van der Waals surface area contributed by atoms with E-state index >= 15 is 0 Å². The fourth-order valence-corrected chi connectivity index (χ4v) is 1.16. The number of amides is 2. The van der Waals surface area contributed by atoms with Gasteiger partial charge in [-0.3, -0.25) is 14.9 Å². The van der Waals surface area contributed by atoms with Crippen LogP contribution in [0.25, 0.3) is 0 Å². The summed E-state index contributed by atoms with van der Waals surface area (Å²) in [5, 5.41) is 2.25. The number of carbonyl (C=O) groups is 2. The van der Waals surface area contributed by atoms with E-state index in [4.69, 9.17) is 0 Å². The first-order valence-corrected chi connectivity index (χ1v) is 6.59. The van der Waals surface area contributed by atoms with Gasteiger partial charge in [-0.05, 0) is 34.1 Å². The van der Waals surface area contributed by atoms with Crippen LogP contribution in [0.2, 0.25) is 0 Å². The summed E-state index contributed by atoms with van der Waals surface area (Å²) in [6.45, 7) is 13.2. The molecule has 0 aromatic rings. The normalized spacial score (nSPS) is 18.8.